The SMILES string of the molecule is C=C(C)N1CCN(Cc2cc(C(N)=O)ccc2C)CC1. The molecule has 1 aromatic rings. The molecule has 1 aliphatic rings. The minimum Gasteiger partial charge on any atom is -0.373 e. The molecule has 1 amide bonds. The molecule has 1 heterocycles. The summed E-state index contributed by atoms with van der Waals surface area (Å²) in [5, 5.41) is 0. The summed E-state index contributed by atoms with van der Waals surface area (Å²) in [5.74, 6) is -0.363. The van der Waals surface area contributed by atoms with Crippen molar-refractivity contribution in [3.05, 3.63) is 47.2 Å². The Hall–Kier alpha value is -1.81. The summed E-state index contributed by atoms with van der Waals surface area (Å²) in [6.45, 7) is 13.1. The first-order valence-electron chi connectivity index (χ1n) is 6.99. The van der Waals surface area contributed by atoms with Gasteiger partial charge in [0.25, 0.3) is 0 Å². The summed E-state index contributed by atoms with van der Waals surface area (Å²) < 4.78 is 0. The normalized spacial score (nSPS) is 16.2. The van der Waals surface area contributed by atoms with Gasteiger partial charge in [-0.25, -0.2) is 0 Å². The van der Waals surface area contributed by atoms with Gasteiger partial charge in [-0.15, -0.1) is 0 Å². The molecule has 0 radical (unpaired) electrons. The number of primary amides is 1. The molecule has 1 saturated heterocycles. The summed E-state index contributed by atoms with van der Waals surface area (Å²) in [4.78, 5) is 16.0. The van der Waals surface area contributed by atoms with E-state index in [-0.39, 0.29) is 5.91 Å². The number of carbonyl (C=O) groups excluding carboxylic acids is 1. The average Bonchev–Trinajstić information content (AvgIpc) is 2.41. The van der Waals surface area contributed by atoms with E-state index in [0.29, 0.717) is 5.56 Å². The number of aryl methyl sites for hydroxylation is 1. The zero-order chi connectivity index (χ0) is 14.7. The number of amides is 1. The number of benzene rings is 1. The van der Waals surface area contributed by atoms with E-state index < -0.39 is 0 Å². The van der Waals surface area contributed by atoms with Crippen LogP contribution in [0.5, 0.6) is 0 Å². The molecule has 0 unspecified atom stereocenters. The lowest BCUT2D eigenvalue weighted by Crippen LogP contribution is -2.44. The highest BCUT2D eigenvalue weighted by atomic mass is 16.1. The predicted molar refractivity (Wildman–Crippen MR) is 81.4 cm³/mol. The Morgan fingerprint density at radius 2 is 1.95 bits per heavy atom. The smallest absolute Gasteiger partial charge is 0.248 e. The van der Waals surface area contributed by atoms with Crippen molar-refractivity contribution in [2.75, 3.05) is 26.2 Å². The number of carbonyl (C=O) groups is 1. The molecule has 0 saturated carbocycles. The van der Waals surface area contributed by atoms with Crippen LogP contribution in [0, 0.1) is 6.92 Å². The van der Waals surface area contributed by atoms with Crippen LogP contribution in [0.2, 0.25) is 0 Å². The maximum Gasteiger partial charge on any atom is 0.248 e. The van der Waals surface area contributed by atoms with Gasteiger partial charge in [-0.1, -0.05) is 12.6 Å². The van der Waals surface area contributed by atoms with Crippen molar-refractivity contribution in [1.82, 2.24) is 9.80 Å². The van der Waals surface area contributed by atoms with Crippen LogP contribution in [0.25, 0.3) is 0 Å². The van der Waals surface area contributed by atoms with Crippen molar-refractivity contribution >= 4 is 5.91 Å². The van der Waals surface area contributed by atoms with Gasteiger partial charge in [0, 0.05) is 44.0 Å². The fourth-order valence-corrected chi connectivity index (χ4v) is 2.52. The van der Waals surface area contributed by atoms with Crippen LogP contribution >= 0.6 is 0 Å². The minimum atomic E-state index is -0.363. The number of rotatable bonds is 4. The molecule has 0 aliphatic carbocycles. The van der Waals surface area contributed by atoms with Crippen molar-refractivity contribution in [3.63, 3.8) is 0 Å². The highest BCUT2D eigenvalue weighted by Gasteiger charge is 2.17. The topological polar surface area (TPSA) is 49.6 Å². The molecule has 4 nitrogen and oxygen atoms in total. The maximum absolute atomic E-state index is 11.3. The Kier molecular flexibility index (Phi) is 4.45. The number of piperazine rings is 1. The summed E-state index contributed by atoms with van der Waals surface area (Å²) in [5.41, 5.74) is 9.46. The Labute approximate surface area is 120 Å². The van der Waals surface area contributed by atoms with Gasteiger partial charge in [-0.2, -0.15) is 0 Å². The van der Waals surface area contributed by atoms with Crippen LogP contribution in [-0.4, -0.2) is 41.9 Å². The van der Waals surface area contributed by atoms with Crippen LogP contribution < -0.4 is 5.73 Å². The van der Waals surface area contributed by atoms with Gasteiger partial charge in [-0.05, 0) is 37.1 Å². The lowest BCUT2D eigenvalue weighted by molar-refractivity contribution is 0.1000. The van der Waals surface area contributed by atoms with Gasteiger partial charge in [-0.3, -0.25) is 9.69 Å². The third-order valence-corrected chi connectivity index (χ3v) is 3.94. The van der Waals surface area contributed by atoms with E-state index in [1.54, 1.807) is 6.07 Å². The lowest BCUT2D eigenvalue weighted by Gasteiger charge is -2.36. The highest BCUT2D eigenvalue weighted by Crippen LogP contribution is 2.16. The standard InChI is InChI=1S/C16H23N3O/c1-12(2)19-8-6-18(7-9-19)11-15-10-14(16(17)20)5-4-13(15)3/h4-5,10H,1,6-9,11H2,2-3H3,(H2,17,20). The quantitative estimate of drug-likeness (QED) is 0.909. The number of allylic oxidation sites excluding steroid dienone is 1. The molecule has 0 bridgehead atoms. The fraction of sp³-hybridized carbons (Fsp3) is 0.438. The molecule has 1 fully saturated rings. The summed E-state index contributed by atoms with van der Waals surface area (Å²) in [6.07, 6.45) is 0. The molecule has 0 spiro atoms. The molecule has 1 aromatic carbocycles. The average molecular weight is 273 g/mol. The van der Waals surface area contributed by atoms with E-state index in [9.17, 15) is 4.79 Å². The molecule has 20 heavy (non-hydrogen) atoms. The van der Waals surface area contributed by atoms with Crippen molar-refractivity contribution in [2.24, 2.45) is 5.73 Å². The van der Waals surface area contributed by atoms with E-state index in [1.807, 2.05) is 12.1 Å². The molecular formula is C16H23N3O. The second kappa shape index (κ2) is 6.09. The molecule has 0 aromatic heterocycles. The van der Waals surface area contributed by atoms with Crippen molar-refractivity contribution in [2.45, 2.75) is 20.4 Å². The van der Waals surface area contributed by atoms with Crippen LogP contribution in [0.4, 0.5) is 0 Å². The maximum atomic E-state index is 11.3. The van der Waals surface area contributed by atoms with E-state index in [2.05, 4.69) is 30.2 Å². The lowest BCUT2D eigenvalue weighted by atomic mass is 10.0. The number of hydrogen-bond acceptors (Lipinski definition) is 3. The third kappa shape index (κ3) is 3.39. The van der Waals surface area contributed by atoms with Crippen molar-refractivity contribution < 1.29 is 4.79 Å². The summed E-state index contributed by atoms with van der Waals surface area (Å²) >= 11 is 0. The molecule has 4 heteroatoms. The molecule has 1 aliphatic heterocycles. The van der Waals surface area contributed by atoms with Gasteiger partial charge in [0.05, 0.1) is 0 Å². The van der Waals surface area contributed by atoms with Gasteiger partial charge >= 0.3 is 0 Å². The van der Waals surface area contributed by atoms with Crippen molar-refractivity contribution in [3.8, 4) is 0 Å². The predicted octanol–water partition coefficient (Wildman–Crippen LogP) is 1.75. The molecule has 0 atom stereocenters. The summed E-state index contributed by atoms with van der Waals surface area (Å²) in [7, 11) is 0. The third-order valence-electron chi connectivity index (χ3n) is 3.94. The van der Waals surface area contributed by atoms with E-state index in [1.165, 1.54) is 11.1 Å². The molecule has 2 N–H and O–H groups in total. The zero-order valence-electron chi connectivity index (χ0n) is 12.4. The Morgan fingerprint density at radius 3 is 2.50 bits per heavy atom. The van der Waals surface area contributed by atoms with Crippen LogP contribution in [0.15, 0.2) is 30.5 Å². The van der Waals surface area contributed by atoms with Crippen LogP contribution in [0.3, 0.4) is 0 Å². The van der Waals surface area contributed by atoms with Gasteiger partial charge in [0.1, 0.15) is 0 Å². The van der Waals surface area contributed by atoms with E-state index >= 15 is 0 Å². The first kappa shape index (κ1) is 14.6. The Morgan fingerprint density at radius 1 is 1.30 bits per heavy atom. The fourth-order valence-electron chi connectivity index (χ4n) is 2.52. The largest absolute Gasteiger partial charge is 0.373 e. The molecule has 108 valence electrons. The van der Waals surface area contributed by atoms with Crippen LogP contribution in [-0.2, 0) is 6.54 Å². The summed E-state index contributed by atoms with van der Waals surface area (Å²) in [6, 6.07) is 5.68. The number of hydrogen-bond donors (Lipinski definition) is 1. The van der Waals surface area contributed by atoms with Gasteiger partial charge in [0.2, 0.25) is 5.91 Å². The minimum absolute atomic E-state index is 0.363. The Balaban J connectivity index is 2.02. The van der Waals surface area contributed by atoms with Crippen LogP contribution in [0.1, 0.15) is 28.4 Å². The monoisotopic (exact) mass is 273 g/mol. The number of nitrogens with zero attached hydrogens (tertiary/aromatic N) is 2. The molecular weight excluding hydrogens is 250 g/mol. The molecule has 2 rings (SSSR count). The second-order valence-electron chi connectivity index (χ2n) is 5.50. The Bertz CT molecular complexity index is 516. The second-order valence-corrected chi connectivity index (χ2v) is 5.50. The van der Waals surface area contributed by atoms with E-state index in [4.69, 9.17) is 5.73 Å². The highest BCUT2D eigenvalue weighted by molar-refractivity contribution is 5.93. The van der Waals surface area contributed by atoms with Gasteiger partial charge < -0.3 is 10.6 Å². The van der Waals surface area contributed by atoms with Crippen molar-refractivity contribution in [1.29, 1.82) is 0 Å². The van der Waals surface area contributed by atoms with Gasteiger partial charge in [0.15, 0.2) is 0 Å². The number of nitrogens with two attached hydrogens (primary N) is 1. The zero-order valence-corrected chi connectivity index (χ0v) is 12.4. The van der Waals surface area contributed by atoms with E-state index in [0.717, 1.165) is 38.4 Å². The first-order valence-corrected chi connectivity index (χ1v) is 6.99. The first-order chi connectivity index (χ1) is 9.47.